The molecule has 0 amide bonds. The molecule has 1 rings (SSSR count). The van der Waals surface area contributed by atoms with Crippen LogP contribution in [0.2, 0.25) is 0 Å². The molecule has 0 aliphatic heterocycles. The Hall–Kier alpha value is -0.330. The van der Waals surface area contributed by atoms with Crippen molar-refractivity contribution in [3.8, 4) is 0 Å². The van der Waals surface area contributed by atoms with E-state index in [2.05, 4.69) is 6.92 Å². The predicted molar refractivity (Wildman–Crippen MR) is 44.0 cm³/mol. The summed E-state index contributed by atoms with van der Waals surface area (Å²) >= 11 is 0. The smallest absolute Gasteiger partial charge is 0.116 e. The molecule has 10 heavy (non-hydrogen) atoms. The fourth-order valence-electron chi connectivity index (χ4n) is 1.42. The van der Waals surface area contributed by atoms with Crippen LogP contribution in [0.4, 0.5) is 0 Å². The van der Waals surface area contributed by atoms with E-state index < -0.39 is 0 Å². The Labute approximate surface area is 63.8 Å². The summed E-state index contributed by atoms with van der Waals surface area (Å²) in [5.74, 6) is 1.10. The van der Waals surface area contributed by atoms with Gasteiger partial charge in [-0.15, -0.1) is 0 Å². The molecule has 1 aliphatic carbocycles. The van der Waals surface area contributed by atoms with Gasteiger partial charge in [0.05, 0.1) is 0 Å². The quantitative estimate of drug-likeness (QED) is 0.514. The number of hydrogen-bond donors (Lipinski definition) is 0. The van der Waals surface area contributed by atoms with Gasteiger partial charge in [-0.05, 0) is 12.8 Å². The van der Waals surface area contributed by atoms with Gasteiger partial charge in [-0.1, -0.05) is 39.0 Å². The van der Waals surface area contributed by atoms with Crippen molar-refractivity contribution in [2.75, 3.05) is 0 Å². The maximum atomic E-state index is 8.81. The third kappa shape index (κ3) is 4.54. The highest BCUT2D eigenvalue weighted by atomic mass is 16.1. The maximum Gasteiger partial charge on any atom is 0.116 e. The second-order valence-corrected chi connectivity index (χ2v) is 2.79. The minimum absolute atomic E-state index is 0.750. The zero-order valence-corrected chi connectivity index (χ0v) is 7.10. The fourth-order valence-corrected chi connectivity index (χ4v) is 1.42. The van der Waals surface area contributed by atoms with Crippen molar-refractivity contribution in [3.63, 3.8) is 0 Å². The monoisotopic (exact) mass is 142 g/mol. The van der Waals surface area contributed by atoms with E-state index in [0.29, 0.717) is 0 Å². The van der Waals surface area contributed by atoms with Gasteiger partial charge in [-0.3, -0.25) is 0 Å². The number of aldehydes is 1. The Morgan fingerprint density at radius 1 is 1.40 bits per heavy atom. The summed E-state index contributed by atoms with van der Waals surface area (Å²) in [7, 11) is 0. The standard InChI is InChI=1S/C7H14.C2H4O/c1-2-7-5-3-4-6-7;1-2-3/h7H,2-6H2,1H3;2H,1H3. The molecule has 1 nitrogen and oxygen atoms in total. The molecule has 0 aromatic heterocycles. The van der Waals surface area contributed by atoms with Crippen LogP contribution in [-0.4, -0.2) is 6.29 Å². The Bertz CT molecular complexity index is 72.8. The molecule has 0 spiro atoms. The highest BCUT2D eigenvalue weighted by Crippen LogP contribution is 2.26. The van der Waals surface area contributed by atoms with E-state index in [9.17, 15) is 0 Å². The molecular weight excluding hydrogens is 124 g/mol. The minimum atomic E-state index is 0.750. The molecule has 60 valence electrons. The number of rotatable bonds is 1. The maximum absolute atomic E-state index is 8.81. The van der Waals surface area contributed by atoms with Gasteiger partial charge in [-0.2, -0.15) is 0 Å². The average molecular weight is 142 g/mol. The summed E-state index contributed by atoms with van der Waals surface area (Å²) in [4.78, 5) is 8.81. The molecule has 0 aromatic carbocycles. The lowest BCUT2D eigenvalue weighted by Gasteiger charge is -1.99. The van der Waals surface area contributed by atoms with E-state index >= 15 is 0 Å². The zero-order chi connectivity index (χ0) is 7.82. The Morgan fingerprint density at radius 2 is 1.80 bits per heavy atom. The second-order valence-electron chi connectivity index (χ2n) is 2.79. The molecule has 0 bridgehead atoms. The van der Waals surface area contributed by atoms with Gasteiger partial charge < -0.3 is 4.79 Å². The first-order chi connectivity index (χ1) is 4.85. The average Bonchev–Trinajstić information content (AvgIpc) is 2.39. The molecule has 0 N–H and O–H groups in total. The predicted octanol–water partition coefficient (Wildman–Crippen LogP) is 2.79. The van der Waals surface area contributed by atoms with Gasteiger partial charge in [0.2, 0.25) is 0 Å². The van der Waals surface area contributed by atoms with Crippen LogP contribution in [0.5, 0.6) is 0 Å². The van der Waals surface area contributed by atoms with Crippen molar-refractivity contribution >= 4 is 6.29 Å². The Balaban J connectivity index is 0.000000236. The number of hydrogen-bond acceptors (Lipinski definition) is 1. The van der Waals surface area contributed by atoms with E-state index in [0.717, 1.165) is 12.2 Å². The molecule has 0 atom stereocenters. The highest BCUT2D eigenvalue weighted by molar-refractivity contribution is 5.44. The molecule has 1 saturated carbocycles. The van der Waals surface area contributed by atoms with Crippen molar-refractivity contribution in [2.24, 2.45) is 5.92 Å². The van der Waals surface area contributed by atoms with Crippen LogP contribution in [0.15, 0.2) is 0 Å². The van der Waals surface area contributed by atoms with Crippen LogP contribution in [-0.2, 0) is 4.79 Å². The number of carbonyl (C=O) groups excluding carboxylic acids is 1. The second kappa shape index (κ2) is 6.79. The molecule has 0 heterocycles. The van der Waals surface area contributed by atoms with E-state index in [-0.39, 0.29) is 0 Å². The number of carbonyl (C=O) groups is 1. The molecule has 1 fully saturated rings. The lowest BCUT2D eigenvalue weighted by atomic mass is 10.1. The summed E-state index contributed by atoms with van der Waals surface area (Å²) in [5, 5.41) is 0. The van der Waals surface area contributed by atoms with Crippen LogP contribution < -0.4 is 0 Å². The van der Waals surface area contributed by atoms with Crippen molar-refractivity contribution in [2.45, 2.75) is 46.0 Å². The third-order valence-corrected chi connectivity index (χ3v) is 2.05. The first-order valence-corrected chi connectivity index (χ1v) is 4.24. The lowest BCUT2D eigenvalue weighted by molar-refractivity contribution is -0.106. The van der Waals surface area contributed by atoms with E-state index in [1.165, 1.54) is 39.0 Å². The van der Waals surface area contributed by atoms with Gasteiger partial charge >= 0.3 is 0 Å². The van der Waals surface area contributed by atoms with Crippen LogP contribution in [0.3, 0.4) is 0 Å². The van der Waals surface area contributed by atoms with Crippen molar-refractivity contribution < 1.29 is 4.79 Å². The van der Waals surface area contributed by atoms with Crippen molar-refractivity contribution in [3.05, 3.63) is 0 Å². The van der Waals surface area contributed by atoms with Crippen molar-refractivity contribution in [1.82, 2.24) is 0 Å². The largest absolute Gasteiger partial charge is 0.304 e. The Morgan fingerprint density at radius 3 is 2.00 bits per heavy atom. The van der Waals surface area contributed by atoms with Gasteiger partial charge in [0.1, 0.15) is 6.29 Å². The fraction of sp³-hybridized carbons (Fsp3) is 0.889. The molecule has 1 heteroatoms. The summed E-state index contributed by atoms with van der Waals surface area (Å²) < 4.78 is 0. The first kappa shape index (κ1) is 9.67. The van der Waals surface area contributed by atoms with Gasteiger partial charge in [-0.25, -0.2) is 0 Å². The van der Waals surface area contributed by atoms with E-state index in [1.54, 1.807) is 0 Å². The van der Waals surface area contributed by atoms with Crippen LogP contribution in [0.1, 0.15) is 46.0 Å². The molecular formula is C9H18O. The normalized spacial score (nSPS) is 17.8. The first-order valence-electron chi connectivity index (χ1n) is 4.24. The molecule has 0 radical (unpaired) electrons. The van der Waals surface area contributed by atoms with E-state index in [1.807, 2.05) is 0 Å². The SMILES string of the molecule is CC=O.CCC1CCCC1. The summed E-state index contributed by atoms with van der Waals surface area (Å²) in [6.07, 6.45) is 8.18. The van der Waals surface area contributed by atoms with E-state index in [4.69, 9.17) is 4.79 Å². The van der Waals surface area contributed by atoms with Gasteiger partial charge in [0, 0.05) is 0 Å². The Kier molecular flexibility index (Phi) is 6.56. The molecule has 0 aromatic rings. The van der Waals surface area contributed by atoms with Crippen LogP contribution >= 0.6 is 0 Å². The lowest BCUT2D eigenvalue weighted by Crippen LogP contribution is -1.86. The molecule has 0 saturated heterocycles. The summed E-state index contributed by atoms with van der Waals surface area (Å²) in [5.41, 5.74) is 0. The van der Waals surface area contributed by atoms with Gasteiger partial charge in [0.25, 0.3) is 0 Å². The highest BCUT2D eigenvalue weighted by Gasteiger charge is 2.11. The topological polar surface area (TPSA) is 17.1 Å². The van der Waals surface area contributed by atoms with Crippen LogP contribution in [0, 0.1) is 5.92 Å². The zero-order valence-electron chi connectivity index (χ0n) is 7.10. The van der Waals surface area contributed by atoms with Crippen molar-refractivity contribution in [1.29, 1.82) is 0 Å². The summed E-state index contributed by atoms with van der Waals surface area (Å²) in [6.45, 7) is 3.75. The third-order valence-electron chi connectivity index (χ3n) is 2.05. The van der Waals surface area contributed by atoms with Crippen LogP contribution in [0.25, 0.3) is 0 Å². The summed E-state index contributed by atoms with van der Waals surface area (Å²) in [6, 6.07) is 0. The molecule has 0 unspecified atom stereocenters. The minimum Gasteiger partial charge on any atom is -0.304 e. The van der Waals surface area contributed by atoms with Gasteiger partial charge in [0.15, 0.2) is 0 Å². The molecule has 1 aliphatic rings.